The molecule has 0 fully saturated rings. The lowest BCUT2D eigenvalue weighted by Crippen LogP contribution is -2.51. The van der Waals surface area contributed by atoms with Crippen LogP contribution in [0.4, 0.5) is 0 Å². The first-order valence-corrected chi connectivity index (χ1v) is 24.8. The van der Waals surface area contributed by atoms with E-state index in [0.717, 1.165) is 91.7 Å². The lowest BCUT2D eigenvalue weighted by atomic mass is 9.78. The first-order chi connectivity index (χ1) is 30.9. The number of amides is 1. The SMILES string of the molecule is C=C(NC1Cc2cccc(c2)-c2ccc3c(c2)c(c(-c2cccnc2C(C)CC)n3CC)CC(C)(C)CCC(=C)[C@@H](C)CCCN(C)C1=O)C(C(C)C)N(C)C(=C)C(C#N)(CC)CCC. The second-order valence-electron chi connectivity index (χ2n) is 20.5. The van der Waals surface area contributed by atoms with Gasteiger partial charge in [0.25, 0.3) is 0 Å². The summed E-state index contributed by atoms with van der Waals surface area (Å²) >= 11 is 0. The second kappa shape index (κ2) is 21.9. The van der Waals surface area contributed by atoms with Crippen LogP contribution in [0.1, 0.15) is 143 Å². The minimum absolute atomic E-state index is 0.0133. The van der Waals surface area contributed by atoms with E-state index in [4.69, 9.17) is 4.98 Å². The Hall–Kier alpha value is -5.09. The van der Waals surface area contributed by atoms with Crippen LogP contribution in [-0.2, 0) is 24.2 Å². The van der Waals surface area contributed by atoms with Crippen molar-refractivity contribution in [3.8, 4) is 28.5 Å². The molecule has 4 bridgehead atoms. The van der Waals surface area contributed by atoms with E-state index in [0.29, 0.717) is 31.2 Å². The van der Waals surface area contributed by atoms with Crippen molar-refractivity contribution in [1.29, 1.82) is 5.26 Å². The number of allylic oxidation sites excluding steroid dienone is 2. The Morgan fingerprint density at radius 1 is 1.06 bits per heavy atom. The molecule has 7 heteroatoms. The number of nitrogens with one attached hydrogen (secondary N) is 1. The van der Waals surface area contributed by atoms with E-state index < -0.39 is 11.5 Å². The van der Waals surface area contributed by atoms with Gasteiger partial charge in [0, 0.05) is 67.7 Å². The van der Waals surface area contributed by atoms with Crippen molar-refractivity contribution in [1.82, 2.24) is 24.7 Å². The first kappa shape index (κ1) is 50.9. The molecule has 350 valence electrons. The van der Waals surface area contributed by atoms with Gasteiger partial charge in [0.15, 0.2) is 0 Å². The molecule has 0 aliphatic carbocycles. The van der Waals surface area contributed by atoms with Crippen molar-refractivity contribution < 1.29 is 4.79 Å². The summed E-state index contributed by atoms with van der Waals surface area (Å²) in [6.45, 7) is 37.8. The van der Waals surface area contributed by atoms with E-state index in [9.17, 15) is 10.1 Å². The molecule has 65 heavy (non-hydrogen) atoms. The number of aryl methyl sites for hydroxylation is 1. The summed E-state index contributed by atoms with van der Waals surface area (Å²) < 4.78 is 2.52. The van der Waals surface area contributed by atoms with Crippen molar-refractivity contribution in [2.75, 3.05) is 20.6 Å². The molecular formula is C58H82N6O. The van der Waals surface area contributed by atoms with E-state index in [2.05, 4.69) is 164 Å². The minimum Gasteiger partial charge on any atom is -0.376 e. The van der Waals surface area contributed by atoms with Crippen LogP contribution in [0.5, 0.6) is 0 Å². The Morgan fingerprint density at radius 2 is 1.78 bits per heavy atom. The molecule has 3 heterocycles. The monoisotopic (exact) mass is 879 g/mol. The Kier molecular flexibility index (Phi) is 17.2. The number of aromatic nitrogens is 2. The van der Waals surface area contributed by atoms with E-state index in [-0.39, 0.29) is 23.3 Å². The Bertz CT molecular complexity index is 2360. The quantitative estimate of drug-likeness (QED) is 0.128. The number of nitriles is 1. The third kappa shape index (κ3) is 11.3. The number of pyridine rings is 1. The van der Waals surface area contributed by atoms with Gasteiger partial charge in [-0.25, -0.2) is 0 Å². The third-order valence-electron chi connectivity index (χ3n) is 14.9. The van der Waals surface area contributed by atoms with Crippen LogP contribution < -0.4 is 5.32 Å². The zero-order valence-corrected chi connectivity index (χ0v) is 42.4. The van der Waals surface area contributed by atoms with Crippen LogP contribution in [-0.4, -0.2) is 58.0 Å². The lowest BCUT2D eigenvalue weighted by molar-refractivity contribution is -0.132. The molecule has 0 radical (unpaired) electrons. The molecule has 1 N–H and O–H groups in total. The zero-order valence-electron chi connectivity index (χ0n) is 42.4. The summed E-state index contributed by atoms with van der Waals surface area (Å²) in [4.78, 5) is 23.8. The van der Waals surface area contributed by atoms with Crippen molar-refractivity contribution in [2.45, 2.75) is 158 Å². The number of likely N-dealkylation sites (N-methyl/N-ethyl adjacent to an activating group) is 2. The predicted molar refractivity (Wildman–Crippen MR) is 275 cm³/mol. The fourth-order valence-corrected chi connectivity index (χ4v) is 10.5. The molecule has 1 aliphatic heterocycles. The molecule has 7 nitrogen and oxygen atoms in total. The van der Waals surface area contributed by atoms with E-state index in [1.54, 1.807) is 0 Å². The molecule has 0 saturated heterocycles. The number of nitrogens with zero attached hydrogens (tertiary/aromatic N) is 5. The Balaban J connectivity index is 1.64. The fraction of sp³-hybridized carbons (Fsp3) is 0.534. The Morgan fingerprint density at radius 3 is 2.43 bits per heavy atom. The smallest absolute Gasteiger partial charge is 0.245 e. The second-order valence-corrected chi connectivity index (χ2v) is 20.5. The average molecular weight is 879 g/mol. The summed E-state index contributed by atoms with van der Waals surface area (Å²) in [6.07, 6.45) is 10.6. The number of rotatable bonds is 14. The highest BCUT2D eigenvalue weighted by atomic mass is 16.2. The van der Waals surface area contributed by atoms with Gasteiger partial charge in [0.05, 0.1) is 28.9 Å². The predicted octanol–water partition coefficient (Wildman–Crippen LogP) is 13.9. The normalized spacial score (nSPS) is 19.4. The topological polar surface area (TPSA) is 77.2 Å². The lowest BCUT2D eigenvalue weighted by Gasteiger charge is -2.42. The molecule has 1 aliphatic rings. The summed E-state index contributed by atoms with van der Waals surface area (Å²) in [5, 5.41) is 15.4. The molecule has 0 saturated carbocycles. The van der Waals surface area contributed by atoms with Gasteiger partial charge in [-0.1, -0.05) is 124 Å². The number of benzene rings is 2. The van der Waals surface area contributed by atoms with Gasteiger partial charge in [-0.05, 0) is 128 Å². The maximum atomic E-state index is 14.7. The highest BCUT2D eigenvalue weighted by Crippen LogP contribution is 2.44. The van der Waals surface area contributed by atoms with Crippen molar-refractivity contribution >= 4 is 16.8 Å². The molecular weight excluding hydrogens is 797 g/mol. The van der Waals surface area contributed by atoms with Gasteiger partial charge in [-0.15, -0.1) is 0 Å². The highest BCUT2D eigenvalue weighted by molar-refractivity contribution is 5.95. The molecule has 5 atom stereocenters. The van der Waals surface area contributed by atoms with Gasteiger partial charge < -0.3 is 19.7 Å². The molecule has 1 amide bonds. The van der Waals surface area contributed by atoms with Crippen LogP contribution in [0, 0.1) is 34.0 Å². The standard InChI is InChI=1S/C58H82N6O/c1-16-30-58(18-3,38-59)44(11)63(15)54(39(5)6)43(10)61-51-35-45-24-20-25-46(34-45)47-27-28-52-49(36-47)50(55(64(52)19-4)48-26-21-32-60-53(48)40(7)17-2)37-57(12,13)31-29-42(9)41(8)23-22-33-62(14)56(51)65/h20-21,24-28,32,34,36,39-41,51,54,61H,9-11,16-19,22-23,29-31,33,35,37H2,1-8,12-15H3/t40?,41-,51?,54?,58?/m0/s1. The van der Waals surface area contributed by atoms with Crippen molar-refractivity contribution in [3.63, 3.8) is 0 Å². The third-order valence-corrected chi connectivity index (χ3v) is 14.9. The summed E-state index contributed by atoms with van der Waals surface area (Å²) in [6, 6.07) is 22.0. The van der Waals surface area contributed by atoms with Crippen LogP contribution in [0.25, 0.3) is 33.3 Å². The highest BCUT2D eigenvalue weighted by Gasteiger charge is 2.37. The largest absolute Gasteiger partial charge is 0.376 e. The minimum atomic E-state index is -0.663. The van der Waals surface area contributed by atoms with Gasteiger partial charge in [-0.2, -0.15) is 5.26 Å². The van der Waals surface area contributed by atoms with Crippen molar-refractivity contribution in [3.05, 3.63) is 114 Å². The number of carbonyl (C=O) groups excluding carboxylic acids is 1. The maximum absolute atomic E-state index is 14.7. The van der Waals surface area contributed by atoms with Gasteiger partial charge >= 0.3 is 0 Å². The Labute approximate surface area is 394 Å². The molecule has 2 aromatic heterocycles. The average Bonchev–Trinajstić information content (AvgIpc) is 3.59. The summed E-state index contributed by atoms with van der Waals surface area (Å²) in [5.74, 6) is 0.856. The molecule has 2 aromatic carbocycles. The first-order valence-electron chi connectivity index (χ1n) is 24.8. The van der Waals surface area contributed by atoms with Gasteiger partial charge in [0.2, 0.25) is 5.91 Å². The molecule has 4 unspecified atom stereocenters. The van der Waals surface area contributed by atoms with E-state index in [1.807, 2.05) is 25.2 Å². The van der Waals surface area contributed by atoms with Crippen LogP contribution >= 0.6 is 0 Å². The van der Waals surface area contributed by atoms with Gasteiger partial charge in [0.1, 0.15) is 6.04 Å². The molecule has 0 spiro atoms. The number of hydrogen-bond donors (Lipinski definition) is 1. The number of fused-ring (bicyclic) bond motifs is 4. The molecule has 5 rings (SSSR count). The summed E-state index contributed by atoms with van der Waals surface area (Å²) in [5.41, 5.74) is 11.9. The van der Waals surface area contributed by atoms with E-state index in [1.165, 1.54) is 33.3 Å². The van der Waals surface area contributed by atoms with Crippen molar-refractivity contribution in [2.24, 2.45) is 22.7 Å². The summed E-state index contributed by atoms with van der Waals surface area (Å²) in [7, 11) is 3.96. The zero-order chi connectivity index (χ0) is 47.8. The maximum Gasteiger partial charge on any atom is 0.245 e. The van der Waals surface area contributed by atoms with E-state index >= 15 is 0 Å². The number of carbonyl (C=O) groups is 1. The fourth-order valence-electron chi connectivity index (χ4n) is 10.5. The molecule has 4 aromatic rings. The number of hydrogen-bond acceptors (Lipinski definition) is 5. The van der Waals surface area contributed by atoms with Crippen LogP contribution in [0.3, 0.4) is 0 Å². The van der Waals surface area contributed by atoms with Gasteiger partial charge in [-0.3, -0.25) is 9.78 Å². The van der Waals surface area contributed by atoms with Crippen LogP contribution in [0.15, 0.2) is 97.5 Å². The van der Waals surface area contributed by atoms with Crippen LogP contribution in [0.2, 0.25) is 0 Å².